The number of phenols is 3. The Labute approximate surface area is 221 Å². The van der Waals surface area contributed by atoms with Gasteiger partial charge in [0.1, 0.15) is 17.2 Å². The van der Waals surface area contributed by atoms with Crippen LogP contribution in [0.4, 0.5) is 0 Å². The molecule has 0 aromatic heterocycles. The molecule has 3 heteroatoms. The largest absolute Gasteiger partial charge is 0.508 e. The molecule has 3 N–H and O–H groups in total. The molecular weight excluding hydrogens is 456 g/mol. The van der Waals surface area contributed by atoms with Gasteiger partial charge < -0.3 is 15.3 Å². The van der Waals surface area contributed by atoms with Crippen molar-refractivity contribution in [3.8, 4) is 17.2 Å². The van der Waals surface area contributed by atoms with Crippen LogP contribution >= 0.6 is 0 Å². The molecule has 194 valence electrons. The predicted molar refractivity (Wildman–Crippen MR) is 155 cm³/mol. The van der Waals surface area contributed by atoms with Crippen LogP contribution in [0.25, 0.3) is 12.2 Å². The van der Waals surface area contributed by atoms with Crippen LogP contribution in [-0.2, 0) is 0 Å². The van der Waals surface area contributed by atoms with Crippen LogP contribution in [0, 0.1) is 11.8 Å². The highest BCUT2D eigenvalue weighted by Crippen LogP contribution is 2.52. The molecule has 2 aromatic carbocycles. The van der Waals surface area contributed by atoms with Gasteiger partial charge in [-0.15, -0.1) is 0 Å². The smallest absolute Gasteiger partial charge is 0.127 e. The summed E-state index contributed by atoms with van der Waals surface area (Å²) in [6, 6.07) is 8.79. The first-order valence-electron chi connectivity index (χ1n) is 13.3. The van der Waals surface area contributed by atoms with Gasteiger partial charge in [0.15, 0.2) is 0 Å². The highest BCUT2D eigenvalue weighted by atomic mass is 16.3. The van der Waals surface area contributed by atoms with Crippen LogP contribution in [-0.4, -0.2) is 15.3 Å². The molecule has 37 heavy (non-hydrogen) atoms. The highest BCUT2D eigenvalue weighted by Gasteiger charge is 2.35. The molecule has 0 amide bonds. The Morgan fingerprint density at radius 2 is 1.30 bits per heavy atom. The molecule has 0 heterocycles. The maximum Gasteiger partial charge on any atom is 0.127 e. The van der Waals surface area contributed by atoms with Gasteiger partial charge in [0.05, 0.1) is 0 Å². The third-order valence-corrected chi connectivity index (χ3v) is 8.16. The van der Waals surface area contributed by atoms with E-state index in [2.05, 4.69) is 46.1 Å². The van der Waals surface area contributed by atoms with Gasteiger partial charge in [-0.05, 0) is 94.5 Å². The summed E-state index contributed by atoms with van der Waals surface area (Å²) >= 11 is 0. The minimum absolute atomic E-state index is 0.0398. The van der Waals surface area contributed by atoms with E-state index >= 15 is 0 Å². The van der Waals surface area contributed by atoms with Gasteiger partial charge in [0, 0.05) is 23.0 Å². The maximum atomic E-state index is 12.0. The van der Waals surface area contributed by atoms with Crippen LogP contribution in [0.5, 0.6) is 17.2 Å². The zero-order valence-electron chi connectivity index (χ0n) is 22.6. The fraction of sp³-hybridized carbons (Fsp3) is 0.353. The van der Waals surface area contributed by atoms with E-state index in [0.29, 0.717) is 5.56 Å². The summed E-state index contributed by atoms with van der Waals surface area (Å²) in [6.45, 7) is 16.9. The van der Waals surface area contributed by atoms with Gasteiger partial charge in [-0.2, -0.15) is 0 Å². The normalized spacial score (nSPS) is 24.0. The van der Waals surface area contributed by atoms with E-state index in [-0.39, 0.29) is 40.9 Å². The van der Waals surface area contributed by atoms with Crippen molar-refractivity contribution in [2.75, 3.05) is 0 Å². The fourth-order valence-electron chi connectivity index (χ4n) is 6.11. The number of aromatic hydroxyl groups is 3. The Morgan fingerprint density at radius 1 is 0.784 bits per heavy atom. The van der Waals surface area contributed by atoms with E-state index < -0.39 is 0 Å². The van der Waals surface area contributed by atoms with Gasteiger partial charge >= 0.3 is 0 Å². The standard InChI is InChI=1S/C34H40O3/c1-20(2)27-15-7-22(5)17-29(27)32-25(12-9-24-10-13-26(35)14-11-24)19-31(36)33(34(32)37)30-18-23(6)8-16-28(30)21(3)4/h9-14,17-19,27-30,35-37H,1,3,7-8,15-16H2,2,4-6H3/b12-9+/t27-,28+,29?,30-/m1/s1. The number of hydrogen-bond donors (Lipinski definition) is 3. The molecule has 0 aliphatic heterocycles. The molecule has 4 atom stereocenters. The molecule has 0 spiro atoms. The SMILES string of the molecule is C=C(C)[C@H]1CCC(C)=CC1c1c(/C=C/c2ccc(O)cc2)cc(O)c([C@@H]2C=C(C)CC[C@H]2C(=C)C)c1O. The molecule has 2 aliphatic rings. The zero-order chi connectivity index (χ0) is 26.9. The lowest BCUT2D eigenvalue weighted by molar-refractivity contribution is 0.394. The third kappa shape index (κ3) is 5.61. The highest BCUT2D eigenvalue weighted by molar-refractivity contribution is 5.76. The molecule has 2 aliphatic carbocycles. The van der Waals surface area contributed by atoms with Gasteiger partial charge in [0.2, 0.25) is 0 Å². The molecule has 0 bridgehead atoms. The molecule has 0 radical (unpaired) electrons. The first-order valence-corrected chi connectivity index (χ1v) is 13.3. The quantitative estimate of drug-likeness (QED) is 0.276. The van der Waals surface area contributed by atoms with E-state index in [1.165, 1.54) is 11.1 Å². The summed E-state index contributed by atoms with van der Waals surface area (Å²) in [5.74, 6) is 0.694. The Bertz CT molecular complexity index is 1290. The van der Waals surface area contributed by atoms with Crippen molar-refractivity contribution in [3.63, 3.8) is 0 Å². The summed E-state index contributed by atoms with van der Waals surface area (Å²) in [4.78, 5) is 0. The number of rotatable bonds is 6. The summed E-state index contributed by atoms with van der Waals surface area (Å²) < 4.78 is 0. The maximum absolute atomic E-state index is 12.0. The molecular formula is C34H40O3. The Kier molecular flexibility index (Phi) is 7.82. The van der Waals surface area contributed by atoms with E-state index in [1.54, 1.807) is 12.1 Å². The van der Waals surface area contributed by atoms with Gasteiger partial charge in [0.25, 0.3) is 0 Å². The van der Waals surface area contributed by atoms with Crippen LogP contribution in [0.2, 0.25) is 0 Å². The second-order valence-corrected chi connectivity index (χ2v) is 11.1. The summed E-state index contributed by atoms with van der Waals surface area (Å²) in [5.41, 5.74) is 7.89. The van der Waals surface area contributed by atoms with Crippen molar-refractivity contribution < 1.29 is 15.3 Å². The number of phenolic OH excluding ortho intramolecular Hbond substituents is 3. The molecule has 0 fully saturated rings. The van der Waals surface area contributed by atoms with E-state index in [4.69, 9.17) is 0 Å². The van der Waals surface area contributed by atoms with Crippen LogP contribution in [0.3, 0.4) is 0 Å². The minimum Gasteiger partial charge on any atom is -0.508 e. The molecule has 3 nitrogen and oxygen atoms in total. The van der Waals surface area contributed by atoms with E-state index in [9.17, 15) is 15.3 Å². The second-order valence-electron chi connectivity index (χ2n) is 11.1. The Hall–Kier alpha value is -3.46. The third-order valence-electron chi connectivity index (χ3n) is 8.16. The fourth-order valence-corrected chi connectivity index (χ4v) is 6.11. The van der Waals surface area contributed by atoms with Crippen molar-refractivity contribution in [2.24, 2.45) is 11.8 Å². The lowest BCUT2D eigenvalue weighted by atomic mass is 9.70. The van der Waals surface area contributed by atoms with Crippen LogP contribution in [0.15, 0.2) is 77.9 Å². The summed E-state index contributed by atoms with van der Waals surface area (Å²) in [5, 5.41) is 33.0. The van der Waals surface area contributed by atoms with Crippen molar-refractivity contribution in [1.29, 1.82) is 0 Å². The van der Waals surface area contributed by atoms with Crippen LogP contribution < -0.4 is 0 Å². The van der Waals surface area contributed by atoms with Gasteiger partial charge in [-0.1, -0.05) is 71.9 Å². The number of benzene rings is 2. The summed E-state index contributed by atoms with van der Waals surface area (Å²) in [7, 11) is 0. The van der Waals surface area contributed by atoms with Crippen molar-refractivity contribution in [2.45, 2.75) is 65.2 Å². The van der Waals surface area contributed by atoms with Crippen molar-refractivity contribution in [1.82, 2.24) is 0 Å². The molecule has 0 saturated heterocycles. The molecule has 2 aromatic rings. The van der Waals surface area contributed by atoms with Crippen molar-refractivity contribution >= 4 is 12.2 Å². The monoisotopic (exact) mass is 496 g/mol. The zero-order valence-corrected chi connectivity index (χ0v) is 22.6. The average molecular weight is 497 g/mol. The van der Waals surface area contributed by atoms with E-state index in [1.807, 2.05) is 37.3 Å². The Morgan fingerprint density at radius 3 is 1.81 bits per heavy atom. The lowest BCUT2D eigenvalue weighted by Crippen LogP contribution is -2.20. The van der Waals surface area contributed by atoms with Gasteiger partial charge in [-0.3, -0.25) is 0 Å². The predicted octanol–water partition coefficient (Wildman–Crippen LogP) is 9.01. The molecule has 1 unspecified atom stereocenters. The molecule has 0 saturated carbocycles. The topological polar surface area (TPSA) is 60.7 Å². The van der Waals surface area contributed by atoms with Crippen LogP contribution in [0.1, 0.15) is 87.5 Å². The lowest BCUT2D eigenvalue weighted by Gasteiger charge is -2.35. The molecule has 4 rings (SSSR count). The van der Waals surface area contributed by atoms with Crippen molar-refractivity contribution in [3.05, 3.63) is 100 Å². The first kappa shape index (κ1) is 26.6. The minimum atomic E-state index is -0.128. The number of hydrogen-bond acceptors (Lipinski definition) is 3. The first-order chi connectivity index (χ1) is 17.6. The van der Waals surface area contributed by atoms with Gasteiger partial charge in [-0.25, -0.2) is 0 Å². The number of allylic oxidation sites excluding steroid dienone is 6. The Balaban J connectivity index is 1.94. The second kappa shape index (κ2) is 10.9. The average Bonchev–Trinajstić information content (AvgIpc) is 2.83. The summed E-state index contributed by atoms with van der Waals surface area (Å²) in [6.07, 6.45) is 12.3. The van der Waals surface area contributed by atoms with E-state index in [0.717, 1.165) is 53.5 Å².